The van der Waals surface area contributed by atoms with Gasteiger partial charge in [0.05, 0.1) is 13.2 Å². The second-order valence-electron chi connectivity index (χ2n) is 5.45. The number of nitrogens with zero attached hydrogens (tertiary/aromatic N) is 1. The first-order valence-electron chi connectivity index (χ1n) is 8.23. The van der Waals surface area contributed by atoms with Crippen molar-refractivity contribution in [1.29, 1.82) is 0 Å². The largest absolute Gasteiger partial charge is 0.494 e. The van der Waals surface area contributed by atoms with Gasteiger partial charge in [-0.1, -0.05) is 13.0 Å². The van der Waals surface area contributed by atoms with Crippen molar-refractivity contribution in [2.24, 2.45) is 0 Å². The van der Waals surface area contributed by atoms with E-state index in [-0.39, 0.29) is 5.91 Å². The molecule has 2 aromatic rings. The molecule has 0 radical (unpaired) electrons. The van der Waals surface area contributed by atoms with Gasteiger partial charge in [-0.25, -0.2) is 4.98 Å². The molecular formula is C19H24N2O3. The predicted molar refractivity (Wildman–Crippen MR) is 93.5 cm³/mol. The van der Waals surface area contributed by atoms with Gasteiger partial charge in [0.15, 0.2) is 0 Å². The van der Waals surface area contributed by atoms with Gasteiger partial charge < -0.3 is 14.8 Å². The molecule has 24 heavy (non-hydrogen) atoms. The second-order valence-corrected chi connectivity index (χ2v) is 5.45. The molecule has 5 nitrogen and oxygen atoms in total. The normalized spacial score (nSPS) is 10.3. The summed E-state index contributed by atoms with van der Waals surface area (Å²) in [6, 6.07) is 9.16. The quantitative estimate of drug-likeness (QED) is 0.805. The van der Waals surface area contributed by atoms with Crippen LogP contribution in [0.4, 0.5) is 0 Å². The highest BCUT2D eigenvalue weighted by Gasteiger charge is 2.08. The van der Waals surface area contributed by atoms with Crippen LogP contribution in [0.15, 0.2) is 36.5 Å². The maximum Gasteiger partial charge on any atom is 0.251 e. The Morgan fingerprint density at radius 2 is 2.00 bits per heavy atom. The summed E-state index contributed by atoms with van der Waals surface area (Å²) in [7, 11) is 0. The average molecular weight is 328 g/mol. The molecule has 0 aliphatic carbocycles. The molecule has 1 heterocycles. The summed E-state index contributed by atoms with van der Waals surface area (Å²) < 4.78 is 10.9. The Labute approximate surface area is 143 Å². The third-order valence-electron chi connectivity index (χ3n) is 3.44. The van der Waals surface area contributed by atoms with E-state index in [0.717, 1.165) is 23.3 Å². The first-order valence-corrected chi connectivity index (χ1v) is 8.23. The maximum absolute atomic E-state index is 12.3. The van der Waals surface area contributed by atoms with E-state index >= 15 is 0 Å². The number of hydrogen-bond acceptors (Lipinski definition) is 4. The van der Waals surface area contributed by atoms with Gasteiger partial charge in [0.25, 0.3) is 5.91 Å². The molecule has 0 aliphatic rings. The van der Waals surface area contributed by atoms with Crippen LogP contribution in [0.1, 0.15) is 41.8 Å². The predicted octanol–water partition coefficient (Wildman–Crippen LogP) is 3.51. The smallest absolute Gasteiger partial charge is 0.251 e. The third kappa shape index (κ3) is 4.98. The monoisotopic (exact) mass is 328 g/mol. The number of carbonyl (C=O) groups is 1. The SMILES string of the molecule is CCCOc1ccc(CNC(=O)c2ccc(OCC)c(C)c2)cn1. The molecule has 5 heteroatoms. The van der Waals surface area contributed by atoms with E-state index in [4.69, 9.17) is 9.47 Å². The summed E-state index contributed by atoms with van der Waals surface area (Å²) in [4.78, 5) is 16.5. The number of aryl methyl sites for hydroxylation is 1. The van der Waals surface area contributed by atoms with Crippen LogP contribution in [-0.4, -0.2) is 24.1 Å². The number of pyridine rings is 1. The van der Waals surface area contributed by atoms with Gasteiger partial charge in [0.1, 0.15) is 5.75 Å². The van der Waals surface area contributed by atoms with Gasteiger partial charge in [0.2, 0.25) is 5.88 Å². The van der Waals surface area contributed by atoms with Crippen LogP contribution < -0.4 is 14.8 Å². The third-order valence-corrected chi connectivity index (χ3v) is 3.44. The van der Waals surface area contributed by atoms with Gasteiger partial charge in [-0.3, -0.25) is 4.79 Å². The zero-order valence-electron chi connectivity index (χ0n) is 14.5. The standard InChI is InChI=1S/C19H24N2O3/c1-4-10-24-18-9-6-15(12-20-18)13-21-19(22)16-7-8-17(23-5-2)14(3)11-16/h6-9,11-12H,4-5,10,13H2,1-3H3,(H,21,22). The van der Waals surface area contributed by atoms with E-state index in [1.165, 1.54) is 0 Å². The number of amides is 1. The zero-order valence-corrected chi connectivity index (χ0v) is 14.5. The highest BCUT2D eigenvalue weighted by Crippen LogP contribution is 2.19. The van der Waals surface area contributed by atoms with Crippen LogP contribution in [0.5, 0.6) is 11.6 Å². The first kappa shape index (κ1) is 17.8. The molecule has 1 N–H and O–H groups in total. The Bertz CT molecular complexity index is 669. The highest BCUT2D eigenvalue weighted by molar-refractivity contribution is 5.94. The van der Waals surface area contributed by atoms with Crippen molar-refractivity contribution in [2.75, 3.05) is 13.2 Å². The molecule has 0 atom stereocenters. The van der Waals surface area contributed by atoms with Crippen LogP contribution in [-0.2, 0) is 6.54 Å². The molecule has 0 bridgehead atoms. The fraction of sp³-hybridized carbons (Fsp3) is 0.368. The van der Waals surface area contributed by atoms with E-state index < -0.39 is 0 Å². The molecule has 0 fully saturated rings. The minimum atomic E-state index is -0.118. The molecule has 0 saturated carbocycles. The fourth-order valence-electron chi connectivity index (χ4n) is 2.20. The van der Waals surface area contributed by atoms with Gasteiger partial charge in [-0.2, -0.15) is 0 Å². The molecule has 0 spiro atoms. The number of benzene rings is 1. The number of nitrogens with one attached hydrogen (secondary N) is 1. The Hall–Kier alpha value is -2.56. The zero-order chi connectivity index (χ0) is 17.4. The van der Waals surface area contributed by atoms with Crippen molar-refractivity contribution in [3.05, 3.63) is 53.2 Å². The summed E-state index contributed by atoms with van der Waals surface area (Å²) in [6.45, 7) is 7.60. The van der Waals surface area contributed by atoms with Gasteiger partial charge >= 0.3 is 0 Å². The van der Waals surface area contributed by atoms with E-state index in [9.17, 15) is 4.79 Å². The Balaban J connectivity index is 1.91. The lowest BCUT2D eigenvalue weighted by Gasteiger charge is -2.10. The van der Waals surface area contributed by atoms with E-state index in [2.05, 4.69) is 10.3 Å². The first-order chi connectivity index (χ1) is 11.6. The minimum Gasteiger partial charge on any atom is -0.494 e. The average Bonchev–Trinajstić information content (AvgIpc) is 2.60. The van der Waals surface area contributed by atoms with Gasteiger partial charge in [0, 0.05) is 24.4 Å². The lowest BCUT2D eigenvalue weighted by atomic mass is 10.1. The molecule has 128 valence electrons. The number of carbonyl (C=O) groups excluding carboxylic acids is 1. The Kier molecular flexibility index (Phi) is 6.61. The molecule has 0 unspecified atom stereocenters. The van der Waals surface area contributed by atoms with Crippen molar-refractivity contribution in [1.82, 2.24) is 10.3 Å². The molecule has 0 aliphatic heterocycles. The molecule has 1 aromatic heterocycles. The summed E-state index contributed by atoms with van der Waals surface area (Å²) >= 11 is 0. The minimum absolute atomic E-state index is 0.118. The van der Waals surface area contributed by atoms with E-state index in [1.807, 2.05) is 45.0 Å². The van der Waals surface area contributed by atoms with Crippen LogP contribution >= 0.6 is 0 Å². The van der Waals surface area contributed by atoms with Crippen LogP contribution in [0.2, 0.25) is 0 Å². The van der Waals surface area contributed by atoms with Crippen molar-refractivity contribution in [3.63, 3.8) is 0 Å². The van der Waals surface area contributed by atoms with Crippen molar-refractivity contribution in [2.45, 2.75) is 33.7 Å². The summed E-state index contributed by atoms with van der Waals surface area (Å²) in [5.74, 6) is 1.29. The molecule has 2 rings (SSSR count). The van der Waals surface area contributed by atoms with Crippen molar-refractivity contribution < 1.29 is 14.3 Å². The topological polar surface area (TPSA) is 60.5 Å². The molecular weight excluding hydrogens is 304 g/mol. The lowest BCUT2D eigenvalue weighted by Crippen LogP contribution is -2.23. The van der Waals surface area contributed by atoms with E-state index in [0.29, 0.717) is 31.2 Å². The number of rotatable bonds is 8. The Morgan fingerprint density at radius 3 is 2.62 bits per heavy atom. The van der Waals surface area contributed by atoms with Crippen LogP contribution in [0.25, 0.3) is 0 Å². The Morgan fingerprint density at radius 1 is 1.17 bits per heavy atom. The molecule has 1 amide bonds. The number of hydrogen-bond donors (Lipinski definition) is 1. The molecule has 0 saturated heterocycles. The van der Waals surface area contributed by atoms with Crippen LogP contribution in [0.3, 0.4) is 0 Å². The van der Waals surface area contributed by atoms with E-state index in [1.54, 1.807) is 12.3 Å². The lowest BCUT2D eigenvalue weighted by molar-refractivity contribution is 0.0950. The summed E-state index contributed by atoms with van der Waals surface area (Å²) in [6.07, 6.45) is 2.66. The maximum atomic E-state index is 12.3. The number of aromatic nitrogens is 1. The number of ether oxygens (including phenoxy) is 2. The molecule has 1 aromatic carbocycles. The highest BCUT2D eigenvalue weighted by atomic mass is 16.5. The van der Waals surface area contributed by atoms with Gasteiger partial charge in [-0.15, -0.1) is 0 Å². The van der Waals surface area contributed by atoms with Crippen LogP contribution in [0, 0.1) is 6.92 Å². The fourth-order valence-corrected chi connectivity index (χ4v) is 2.20. The summed E-state index contributed by atoms with van der Waals surface area (Å²) in [5.41, 5.74) is 2.49. The van der Waals surface area contributed by atoms with Gasteiger partial charge in [-0.05, 0) is 49.6 Å². The summed E-state index contributed by atoms with van der Waals surface area (Å²) in [5, 5.41) is 2.90. The second kappa shape index (κ2) is 8.91. The van der Waals surface area contributed by atoms with Crippen molar-refractivity contribution in [3.8, 4) is 11.6 Å². The van der Waals surface area contributed by atoms with Crippen molar-refractivity contribution >= 4 is 5.91 Å².